The minimum atomic E-state index is -0.724. The number of hydrogen-bond donors (Lipinski definition) is 0. The van der Waals surface area contributed by atoms with Crippen LogP contribution in [-0.4, -0.2) is 77.9 Å². The molecule has 0 amide bonds. The van der Waals surface area contributed by atoms with Gasteiger partial charge in [0.1, 0.15) is 5.71 Å². The molecule has 0 unspecified atom stereocenters. The SMILES string of the molecule is CCC(=S)CC(=O)O/N=C(\CC(=O)OC)C(=O)c1ccc(N(c2ccccc2)c2ccc(C(=O)C(C)(C)N3CCOCC3)cc2)cc1. The molecule has 10 nitrogen and oxygen atoms in total. The van der Waals surface area contributed by atoms with Crippen molar-refractivity contribution in [1.82, 2.24) is 4.90 Å². The van der Waals surface area contributed by atoms with Gasteiger partial charge in [-0.3, -0.25) is 19.3 Å². The number of methoxy groups -OCH3 is 1. The van der Waals surface area contributed by atoms with E-state index in [0.29, 0.717) is 43.2 Å². The Hall–Kier alpha value is -4.58. The highest BCUT2D eigenvalue weighted by molar-refractivity contribution is 7.80. The van der Waals surface area contributed by atoms with Gasteiger partial charge >= 0.3 is 11.9 Å². The third kappa shape index (κ3) is 9.03. The first kappa shape index (κ1) is 35.3. The molecule has 0 bridgehead atoms. The number of ether oxygens (including phenoxy) is 2. The number of ketones is 2. The smallest absolute Gasteiger partial charge is 0.339 e. The number of morpholine rings is 1. The second-order valence-corrected chi connectivity index (χ2v) is 12.0. The van der Waals surface area contributed by atoms with E-state index in [1.54, 1.807) is 24.3 Å². The largest absolute Gasteiger partial charge is 0.469 e. The number of anilines is 3. The van der Waals surface area contributed by atoms with Gasteiger partial charge in [-0.2, -0.15) is 0 Å². The molecule has 3 aromatic rings. The molecule has 0 radical (unpaired) electrons. The Morgan fingerprint density at radius 3 is 1.94 bits per heavy atom. The zero-order valence-electron chi connectivity index (χ0n) is 27.1. The highest BCUT2D eigenvalue weighted by atomic mass is 32.1. The molecule has 0 aliphatic carbocycles. The van der Waals surface area contributed by atoms with Crippen molar-refractivity contribution in [2.24, 2.45) is 5.16 Å². The number of benzene rings is 3. The van der Waals surface area contributed by atoms with Crippen LogP contribution in [0, 0.1) is 0 Å². The van der Waals surface area contributed by atoms with Crippen LogP contribution in [0.25, 0.3) is 0 Å². The first-order valence-corrected chi connectivity index (χ1v) is 15.8. The molecule has 0 atom stereocenters. The Morgan fingerprint density at radius 1 is 0.830 bits per heavy atom. The van der Waals surface area contributed by atoms with Crippen molar-refractivity contribution < 1.29 is 33.5 Å². The van der Waals surface area contributed by atoms with E-state index in [1.807, 2.05) is 80.3 Å². The molecule has 4 rings (SSSR count). The van der Waals surface area contributed by atoms with Crippen molar-refractivity contribution in [3.63, 3.8) is 0 Å². The standard InChI is InChI=1S/C36H39N3O7S/c1-5-30(47)23-33(41)46-37-31(24-32(40)44-4)34(42)25-11-15-28(16-12-25)39(27-9-7-6-8-10-27)29-17-13-26(14-18-29)35(43)36(2,3)38-19-21-45-22-20-38/h6-18H,5,19-24H2,1-4H3/b37-31+. The van der Waals surface area contributed by atoms with Crippen LogP contribution in [0.1, 0.15) is 60.7 Å². The monoisotopic (exact) mass is 657 g/mol. The summed E-state index contributed by atoms with van der Waals surface area (Å²) in [5, 5.41) is 3.71. The van der Waals surface area contributed by atoms with Crippen molar-refractivity contribution in [1.29, 1.82) is 0 Å². The number of Topliss-reactive ketones (excluding diaryl/α,β-unsaturated/α-hetero) is 2. The predicted molar refractivity (Wildman–Crippen MR) is 184 cm³/mol. The third-order valence-corrected chi connectivity index (χ3v) is 8.38. The number of esters is 1. The number of carbonyl (C=O) groups is 4. The van der Waals surface area contributed by atoms with Gasteiger partial charge in [0, 0.05) is 46.1 Å². The average molecular weight is 658 g/mol. The van der Waals surface area contributed by atoms with E-state index in [2.05, 4.69) is 10.1 Å². The molecule has 11 heteroatoms. The molecule has 1 saturated heterocycles. The fraction of sp³-hybridized carbons (Fsp3) is 0.333. The second-order valence-electron chi connectivity index (χ2n) is 11.4. The van der Waals surface area contributed by atoms with E-state index in [0.717, 1.165) is 17.1 Å². The lowest BCUT2D eigenvalue weighted by Crippen LogP contribution is -2.54. The van der Waals surface area contributed by atoms with Gasteiger partial charge in [-0.15, -0.1) is 0 Å². The van der Waals surface area contributed by atoms with E-state index in [1.165, 1.54) is 7.11 Å². The summed E-state index contributed by atoms with van der Waals surface area (Å²) in [6.07, 6.45) is -0.0875. The zero-order valence-corrected chi connectivity index (χ0v) is 27.9. The zero-order chi connectivity index (χ0) is 34.0. The van der Waals surface area contributed by atoms with E-state index in [-0.39, 0.29) is 23.5 Å². The molecule has 0 N–H and O–H groups in total. The summed E-state index contributed by atoms with van der Waals surface area (Å²) in [6, 6.07) is 23.9. The maximum absolute atomic E-state index is 13.6. The van der Waals surface area contributed by atoms with Gasteiger partial charge in [-0.1, -0.05) is 42.5 Å². The minimum Gasteiger partial charge on any atom is -0.469 e. The summed E-state index contributed by atoms with van der Waals surface area (Å²) in [5.74, 6) is -1.99. The van der Waals surface area contributed by atoms with Crippen LogP contribution in [0.15, 0.2) is 84.0 Å². The molecule has 1 aliphatic rings. The van der Waals surface area contributed by atoms with E-state index in [4.69, 9.17) is 26.5 Å². The van der Waals surface area contributed by atoms with Crippen LogP contribution in [0.2, 0.25) is 0 Å². The van der Waals surface area contributed by atoms with E-state index in [9.17, 15) is 19.2 Å². The quantitative estimate of drug-likeness (QED) is 0.0491. The molecular formula is C36H39N3O7S. The predicted octanol–water partition coefficient (Wildman–Crippen LogP) is 6.26. The molecule has 47 heavy (non-hydrogen) atoms. The highest BCUT2D eigenvalue weighted by Gasteiger charge is 2.36. The van der Waals surface area contributed by atoms with Gasteiger partial charge in [0.2, 0.25) is 5.78 Å². The van der Waals surface area contributed by atoms with Gasteiger partial charge in [-0.25, -0.2) is 4.79 Å². The summed E-state index contributed by atoms with van der Waals surface area (Å²) in [6.45, 7) is 8.32. The minimum absolute atomic E-state index is 0.0308. The highest BCUT2D eigenvalue weighted by Crippen LogP contribution is 2.35. The topological polar surface area (TPSA) is 115 Å². The average Bonchev–Trinajstić information content (AvgIpc) is 3.10. The van der Waals surface area contributed by atoms with Crippen molar-refractivity contribution in [3.8, 4) is 0 Å². The normalized spacial score (nSPS) is 13.8. The maximum atomic E-state index is 13.6. The van der Waals surface area contributed by atoms with Gasteiger partial charge in [0.25, 0.3) is 0 Å². The van der Waals surface area contributed by atoms with Crippen molar-refractivity contribution in [2.75, 3.05) is 38.3 Å². The third-order valence-electron chi connectivity index (χ3n) is 7.94. The first-order valence-electron chi connectivity index (χ1n) is 15.4. The van der Waals surface area contributed by atoms with Crippen molar-refractivity contribution in [3.05, 3.63) is 90.0 Å². The van der Waals surface area contributed by atoms with Crippen LogP contribution in [0.3, 0.4) is 0 Å². The molecule has 0 saturated carbocycles. The van der Waals surface area contributed by atoms with Crippen molar-refractivity contribution >= 4 is 63.4 Å². The fourth-order valence-electron chi connectivity index (χ4n) is 5.12. The van der Waals surface area contributed by atoms with Crippen LogP contribution >= 0.6 is 12.2 Å². The van der Waals surface area contributed by atoms with Gasteiger partial charge in [-0.05, 0) is 80.9 Å². The molecule has 1 heterocycles. The summed E-state index contributed by atoms with van der Waals surface area (Å²) < 4.78 is 10.2. The Balaban J connectivity index is 1.60. The molecule has 3 aromatic carbocycles. The lowest BCUT2D eigenvalue weighted by atomic mass is 9.90. The number of rotatable bonds is 14. The number of nitrogens with zero attached hydrogens (tertiary/aromatic N) is 3. The molecule has 0 aromatic heterocycles. The Morgan fingerprint density at radius 2 is 1.38 bits per heavy atom. The fourth-order valence-corrected chi connectivity index (χ4v) is 5.24. The van der Waals surface area contributed by atoms with Crippen molar-refractivity contribution in [2.45, 2.75) is 45.6 Å². The molecule has 246 valence electrons. The summed E-state index contributed by atoms with van der Waals surface area (Å²) in [5.41, 5.74) is 2.30. The lowest BCUT2D eigenvalue weighted by Gasteiger charge is -2.39. The summed E-state index contributed by atoms with van der Waals surface area (Å²) in [7, 11) is 1.19. The Labute approximate surface area is 280 Å². The van der Waals surface area contributed by atoms with Gasteiger partial charge in [0.05, 0.1) is 38.7 Å². The maximum Gasteiger partial charge on any atom is 0.339 e. The van der Waals surface area contributed by atoms with Crippen LogP contribution in [-0.2, 0) is 23.9 Å². The van der Waals surface area contributed by atoms with E-state index >= 15 is 0 Å². The van der Waals surface area contributed by atoms with Crippen LogP contribution in [0.5, 0.6) is 0 Å². The number of para-hydroxylation sites is 1. The lowest BCUT2D eigenvalue weighted by molar-refractivity contribution is -0.143. The van der Waals surface area contributed by atoms with E-state index < -0.39 is 29.7 Å². The molecular weight excluding hydrogens is 618 g/mol. The number of thiocarbonyl (C=S) groups is 1. The number of carbonyl (C=O) groups excluding carboxylic acids is 4. The number of hydrogen-bond acceptors (Lipinski definition) is 11. The molecule has 0 spiro atoms. The second kappa shape index (κ2) is 16.3. The number of oxime groups is 1. The van der Waals surface area contributed by atoms with Crippen LogP contribution < -0.4 is 4.90 Å². The van der Waals surface area contributed by atoms with Gasteiger partial charge < -0.3 is 19.2 Å². The molecule has 1 fully saturated rings. The van der Waals surface area contributed by atoms with Gasteiger partial charge in [0.15, 0.2) is 5.78 Å². The first-order chi connectivity index (χ1) is 22.5. The Bertz CT molecular complexity index is 1610. The van der Waals surface area contributed by atoms with Crippen LogP contribution in [0.4, 0.5) is 17.1 Å². The summed E-state index contributed by atoms with van der Waals surface area (Å²) in [4.78, 5) is 60.7. The summed E-state index contributed by atoms with van der Waals surface area (Å²) >= 11 is 5.07. The Kier molecular flexibility index (Phi) is 12.2. The molecule has 1 aliphatic heterocycles.